The molecule has 1 atom stereocenters. The van der Waals surface area contributed by atoms with Crippen molar-refractivity contribution in [2.45, 2.75) is 52.6 Å². The predicted octanol–water partition coefficient (Wildman–Crippen LogP) is 3.18. The summed E-state index contributed by atoms with van der Waals surface area (Å²) in [6.45, 7) is 9.47. The lowest BCUT2D eigenvalue weighted by Crippen LogP contribution is -2.26. The van der Waals surface area contributed by atoms with Gasteiger partial charge in [0.05, 0.1) is 6.42 Å². The first kappa shape index (κ1) is 16.3. The number of rotatable bonds is 5. The molecule has 112 valence electrons. The van der Waals surface area contributed by atoms with E-state index in [9.17, 15) is 9.59 Å². The van der Waals surface area contributed by atoms with Crippen LogP contribution in [0, 0.1) is 5.92 Å². The maximum Gasteiger partial charge on any atom is 0.352 e. The number of carbonyl (C=O) groups is 2. The Kier molecular flexibility index (Phi) is 4.98. The first-order chi connectivity index (χ1) is 9.10. The summed E-state index contributed by atoms with van der Waals surface area (Å²) in [5.74, 6) is -1.17. The molecule has 0 saturated carbocycles. The number of hydrogen-bond acceptors (Lipinski definition) is 3. The van der Waals surface area contributed by atoms with E-state index in [4.69, 9.17) is 9.84 Å². The van der Waals surface area contributed by atoms with E-state index in [0.29, 0.717) is 0 Å². The Morgan fingerprint density at radius 2 is 1.90 bits per heavy atom. The second-order valence-electron chi connectivity index (χ2n) is 6.27. The highest BCUT2D eigenvalue weighted by molar-refractivity contribution is 5.85. The second-order valence-corrected chi connectivity index (χ2v) is 6.27. The molecule has 0 fully saturated rings. The number of hydrogen-bond donors (Lipinski definition) is 2. The van der Waals surface area contributed by atoms with Crippen molar-refractivity contribution in [3.8, 4) is 0 Å². The Labute approximate surface area is 119 Å². The molecular weight excluding hydrogens is 258 g/mol. The third kappa shape index (κ3) is 4.72. The van der Waals surface area contributed by atoms with Crippen molar-refractivity contribution >= 4 is 11.9 Å². The highest BCUT2D eigenvalue weighted by Gasteiger charge is 2.25. The topological polar surface area (TPSA) is 79.4 Å². The van der Waals surface area contributed by atoms with Gasteiger partial charge in [-0.1, -0.05) is 13.8 Å². The van der Waals surface area contributed by atoms with Crippen molar-refractivity contribution in [3.05, 3.63) is 23.5 Å². The van der Waals surface area contributed by atoms with Gasteiger partial charge in [0, 0.05) is 11.6 Å². The van der Waals surface area contributed by atoms with Gasteiger partial charge in [-0.15, -0.1) is 0 Å². The van der Waals surface area contributed by atoms with E-state index < -0.39 is 11.6 Å². The zero-order valence-corrected chi connectivity index (χ0v) is 12.7. The van der Waals surface area contributed by atoms with Crippen molar-refractivity contribution in [3.63, 3.8) is 0 Å². The molecule has 5 nitrogen and oxygen atoms in total. The molecule has 0 aliphatic heterocycles. The van der Waals surface area contributed by atoms with Crippen LogP contribution in [0.15, 0.2) is 12.1 Å². The van der Waals surface area contributed by atoms with Gasteiger partial charge >= 0.3 is 11.9 Å². The second kappa shape index (κ2) is 6.11. The molecule has 0 spiro atoms. The SMILES string of the molecule is CC(C)[C@H](CC(=O)OC(C)(C)C)c1ccc(C(=O)O)[nH]1. The molecule has 1 aromatic heterocycles. The van der Waals surface area contributed by atoms with Crippen LogP contribution in [0.3, 0.4) is 0 Å². The summed E-state index contributed by atoms with van der Waals surface area (Å²) >= 11 is 0. The summed E-state index contributed by atoms with van der Waals surface area (Å²) in [6.07, 6.45) is 0.231. The minimum atomic E-state index is -1.00. The monoisotopic (exact) mass is 281 g/mol. The predicted molar refractivity (Wildman–Crippen MR) is 75.8 cm³/mol. The van der Waals surface area contributed by atoms with Gasteiger partial charge in [-0.05, 0) is 38.8 Å². The summed E-state index contributed by atoms with van der Waals surface area (Å²) < 4.78 is 5.32. The number of carboxylic acids is 1. The number of carboxylic acid groups (broad SMARTS) is 1. The van der Waals surface area contributed by atoms with Crippen LogP contribution in [-0.2, 0) is 9.53 Å². The summed E-state index contributed by atoms with van der Waals surface area (Å²) in [5, 5.41) is 8.93. The molecular formula is C15H23NO4. The molecule has 0 unspecified atom stereocenters. The molecule has 20 heavy (non-hydrogen) atoms. The van der Waals surface area contributed by atoms with Crippen molar-refractivity contribution in [2.24, 2.45) is 5.92 Å². The molecule has 1 rings (SSSR count). The Bertz CT molecular complexity index is 482. The van der Waals surface area contributed by atoms with Gasteiger partial charge in [-0.3, -0.25) is 4.79 Å². The molecule has 0 radical (unpaired) electrons. The Morgan fingerprint density at radius 1 is 1.30 bits per heavy atom. The highest BCUT2D eigenvalue weighted by Crippen LogP contribution is 2.28. The van der Waals surface area contributed by atoms with E-state index in [1.54, 1.807) is 6.07 Å². The molecule has 1 aromatic rings. The zero-order valence-electron chi connectivity index (χ0n) is 12.7. The lowest BCUT2D eigenvalue weighted by atomic mass is 9.89. The number of nitrogens with one attached hydrogen (secondary N) is 1. The van der Waals surface area contributed by atoms with Gasteiger partial charge in [0.1, 0.15) is 11.3 Å². The minimum absolute atomic E-state index is 0.0852. The van der Waals surface area contributed by atoms with E-state index >= 15 is 0 Å². The van der Waals surface area contributed by atoms with Gasteiger partial charge < -0.3 is 14.8 Å². The van der Waals surface area contributed by atoms with Gasteiger partial charge in [0.2, 0.25) is 0 Å². The van der Waals surface area contributed by atoms with E-state index in [1.165, 1.54) is 6.07 Å². The third-order valence-corrected chi connectivity index (χ3v) is 2.95. The quantitative estimate of drug-likeness (QED) is 0.812. The average molecular weight is 281 g/mol. The smallest absolute Gasteiger partial charge is 0.352 e. The molecule has 0 aliphatic rings. The van der Waals surface area contributed by atoms with Gasteiger partial charge in [0.15, 0.2) is 0 Å². The number of ether oxygens (including phenoxy) is 1. The van der Waals surface area contributed by atoms with Crippen LogP contribution in [0.2, 0.25) is 0 Å². The van der Waals surface area contributed by atoms with Crippen LogP contribution >= 0.6 is 0 Å². The van der Waals surface area contributed by atoms with Gasteiger partial charge in [-0.2, -0.15) is 0 Å². The van der Waals surface area contributed by atoms with Crippen LogP contribution in [0.1, 0.15) is 63.1 Å². The number of carbonyl (C=O) groups excluding carboxylic acids is 1. The van der Waals surface area contributed by atoms with E-state index in [-0.39, 0.29) is 29.9 Å². The number of aromatic carboxylic acids is 1. The molecule has 0 amide bonds. The number of aromatic amines is 1. The van der Waals surface area contributed by atoms with Crippen LogP contribution in [0.4, 0.5) is 0 Å². The van der Waals surface area contributed by atoms with Crippen LogP contribution in [0.25, 0.3) is 0 Å². The van der Waals surface area contributed by atoms with Crippen LogP contribution in [-0.4, -0.2) is 27.6 Å². The van der Waals surface area contributed by atoms with Crippen molar-refractivity contribution < 1.29 is 19.4 Å². The number of esters is 1. The Balaban J connectivity index is 2.84. The highest BCUT2D eigenvalue weighted by atomic mass is 16.6. The van der Waals surface area contributed by atoms with Crippen LogP contribution in [0.5, 0.6) is 0 Å². The fourth-order valence-electron chi connectivity index (χ4n) is 2.02. The first-order valence-electron chi connectivity index (χ1n) is 6.74. The average Bonchev–Trinajstić information content (AvgIpc) is 2.71. The summed E-state index contributed by atoms with van der Waals surface area (Å²) in [5.41, 5.74) is 0.374. The molecule has 5 heteroatoms. The number of H-pyrrole nitrogens is 1. The Morgan fingerprint density at radius 3 is 2.30 bits per heavy atom. The number of aromatic nitrogens is 1. The summed E-state index contributed by atoms with van der Waals surface area (Å²) in [6, 6.07) is 3.24. The lowest BCUT2D eigenvalue weighted by molar-refractivity contribution is -0.155. The first-order valence-corrected chi connectivity index (χ1v) is 6.74. The maximum atomic E-state index is 11.9. The molecule has 1 heterocycles. The van der Waals surface area contributed by atoms with E-state index in [1.807, 2.05) is 34.6 Å². The Hall–Kier alpha value is -1.78. The third-order valence-electron chi connectivity index (χ3n) is 2.95. The standard InChI is InChI=1S/C15H23NO4/c1-9(2)10(8-13(17)20-15(3,4)5)11-6-7-12(16-11)14(18)19/h6-7,9-10,16H,8H2,1-5H3,(H,18,19)/t10-/m0/s1. The lowest BCUT2D eigenvalue weighted by Gasteiger charge is -2.23. The molecule has 0 saturated heterocycles. The summed E-state index contributed by atoms with van der Waals surface area (Å²) in [7, 11) is 0. The maximum absolute atomic E-state index is 11.9. The fraction of sp³-hybridized carbons (Fsp3) is 0.600. The van der Waals surface area contributed by atoms with Crippen LogP contribution < -0.4 is 0 Å². The minimum Gasteiger partial charge on any atom is -0.477 e. The summed E-state index contributed by atoms with van der Waals surface area (Å²) in [4.78, 5) is 25.7. The van der Waals surface area contributed by atoms with Crippen molar-refractivity contribution in [1.82, 2.24) is 4.98 Å². The molecule has 2 N–H and O–H groups in total. The largest absolute Gasteiger partial charge is 0.477 e. The van der Waals surface area contributed by atoms with E-state index in [0.717, 1.165) is 5.69 Å². The van der Waals surface area contributed by atoms with Crippen molar-refractivity contribution in [2.75, 3.05) is 0 Å². The van der Waals surface area contributed by atoms with E-state index in [2.05, 4.69) is 4.98 Å². The molecule has 0 bridgehead atoms. The van der Waals surface area contributed by atoms with Gasteiger partial charge in [-0.25, -0.2) is 4.79 Å². The normalized spacial score (nSPS) is 13.3. The van der Waals surface area contributed by atoms with Gasteiger partial charge in [0.25, 0.3) is 0 Å². The molecule has 0 aliphatic carbocycles. The van der Waals surface area contributed by atoms with Crippen molar-refractivity contribution in [1.29, 1.82) is 0 Å². The zero-order chi connectivity index (χ0) is 15.5. The fourth-order valence-corrected chi connectivity index (χ4v) is 2.02. The molecule has 0 aromatic carbocycles.